The Balaban J connectivity index is 1.45. The molecule has 0 fully saturated rings. The Kier molecular flexibility index (Phi) is 9.14. The molecule has 0 aromatic heterocycles. The fourth-order valence-corrected chi connectivity index (χ4v) is 5.38. The maximum atomic E-state index is 14.1. The summed E-state index contributed by atoms with van der Waals surface area (Å²) in [5.41, 5.74) is 8.16. The first-order chi connectivity index (χ1) is 21.2. The van der Waals surface area contributed by atoms with E-state index in [0.717, 1.165) is 0 Å². The molecule has 1 heterocycles. The SMILES string of the molecule is CCOc1cc(C2C(C#N)=C(N)Oc3cc(OC(=O)c4cc(Cl)c(OC)c(Cl)c4)ccc32)ccc1OCc1ccccc1F. The van der Waals surface area contributed by atoms with Crippen LogP contribution in [0.2, 0.25) is 10.0 Å². The maximum absolute atomic E-state index is 14.1. The molecule has 0 amide bonds. The minimum absolute atomic E-state index is 0.00107. The second kappa shape index (κ2) is 13.2. The van der Waals surface area contributed by atoms with Crippen molar-refractivity contribution in [3.63, 3.8) is 0 Å². The first kappa shape index (κ1) is 30.5. The minimum Gasteiger partial charge on any atom is -0.494 e. The highest BCUT2D eigenvalue weighted by atomic mass is 35.5. The van der Waals surface area contributed by atoms with Crippen molar-refractivity contribution in [2.75, 3.05) is 13.7 Å². The van der Waals surface area contributed by atoms with Gasteiger partial charge in [0.1, 0.15) is 35.6 Å². The van der Waals surface area contributed by atoms with Gasteiger partial charge < -0.3 is 29.4 Å². The minimum atomic E-state index is -0.711. The van der Waals surface area contributed by atoms with E-state index >= 15 is 0 Å². The normalized spacial score (nSPS) is 13.8. The van der Waals surface area contributed by atoms with E-state index in [1.165, 1.54) is 31.4 Å². The Morgan fingerprint density at radius 1 is 1.02 bits per heavy atom. The van der Waals surface area contributed by atoms with Crippen LogP contribution in [0.25, 0.3) is 0 Å². The van der Waals surface area contributed by atoms with Crippen molar-refractivity contribution >= 4 is 29.2 Å². The quantitative estimate of drug-likeness (QED) is 0.148. The molecule has 1 aliphatic heterocycles. The van der Waals surface area contributed by atoms with E-state index < -0.39 is 11.9 Å². The van der Waals surface area contributed by atoms with Crippen molar-refractivity contribution in [2.24, 2.45) is 5.73 Å². The molecule has 224 valence electrons. The lowest BCUT2D eigenvalue weighted by Gasteiger charge is -2.27. The number of allylic oxidation sites excluding steroid dienone is 1. The summed E-state index contributed by atoms with van der Waals surface area (Å²) in [6, 6.07) is 21.2. The molecule has 0 spiro atoms. The van der Waals surface area contributed by atoms with Crippen LogP contribution in [-0.4, -0.2) is 19.7 Å². The number of ether oxygens (including phenoxy) is 5. The molecule has 8 nitrogen and oxygen atoms in total. The largest absolute Gasteiger partial charge is 0.494 e. The van der Waals surface area contributed by atoms with E-state index in [2.05, 4.69) is 6.07 Å². The van der Waals surface area contributed by atoms with Crippen LogP contribution in [-0.2, 0) is 6.61 Å². The third-order valence-corrected chi connectivity index (χ3v) is 7.34. The van der Waals surface area contributed by atoms with E-state index in [9.17, 15) is 14.4 Å². The van der Waals surface area contributed by atoms with E-state index in [4.69, 9.17) is 52.6 Å². The van der Waals surface area contributed by atoms with Gasteiger partial charge >= 0.3 is 5.97 Å². The predicted molar refractivity (Wildman–Crippen MR) is 162 cm³/mol. The lowest BCUT2D eigenvalue weighted by molar-refractivity contribution is 0.0734. The summed E-state index contributed by atoms with van der Waals surface area (Å²) in [6.45, 7) is 2.16. The number of carbonyl (C=O) groups is 1. The summed E-state index contributed by atoms with van der Waals surface area (Å²) in [6.07, 6.45) is 0. The lowest BCUT2D eigenvalue weighted by Crippen LogP contribution is -2.21. The van der Waals surface area contributed by atoms with Gasteiger partial charge in [-0.25, -0.2) is 9.18 Å². The standard InChI is InChI=1S/C33H25Cl2FN2O6/c1-3-41-29-14-18(8-11-27(29)42-17-19-6-4-5-7-26(19)36)30-22-10-9-21(15-28(22)44-32(38)23(30)16-37)43-33(39)20-12-24(34)31(40-2)25(35)13-20/h4-15,30H,3,17,38H2,1-2H3. The molecular formula is C33H25Cl2FN2O6. The van der Waals surface area contributed by atoms with Crippen LogP contribution in [0.3, 0.4) is 0 Å². The van der Waals surface area contributed by atoms with Crippen molar-refractivity contribution in [1.29, 1.82) is 5.26 Å². The van der Waals surface area contributed by atoms with Crippen LogP contribution in [0.1, 0.15) is 39.9 Å². The Morgan fingerprint density at radius 2 is 1.77 bits per heavy atom. The van der Waals surface area contributed by atoms with Crippen molar-refractivity contribution in [1.82, 2.24) is 0 Å². The zero-order valence-corrected chi connectivity index (χ0v) is 25.0. The number of carbonyl (C=O) groups excluding carboxylic acids is 1. The monoisotopic (exact) mass is 634 g/mol. The van der Waals surface area contributed by atoms with Crippen molar-refractivity contribution in [3.05, 3.63) is 122 Å². The number of hydrogen-bond donors (Lipinski definition) is 1. The highest BCUT2D eigenvalue weighted by molar-refractivity contribution is 6.37. The van der Waals surface area contributed by atoms with Gasteiger partial charge in [-0.1, -0.05) is 53.5 Å². The van der Waals surface area contributed by atoms with Crippen molar-refractivity contribution in [2.45, 2.75) is 19.4 Å². The molecule has 1 atom stereocenters. The smallest absolute Gasteiger partial charge is 0.343 e. The molecule has 0 aliphatic carbocycles. The Labute approximate surface area is 262 Å². The van der Waals surface area contributed by atoms with Gasteiger partial charge in [0.05, 0.1) is 35.2 Å². The zero-order valence-electron chi connectivity index (χ0n) is 23.5. The van der Waals surface area contributed by atoms with Gasteiger partial charge in [0.2, 0.25) is 5.88 Å². The summed E-state index contributed by atoms with van der Waals surface area (Å²) >= 11 is 12.3. The molecule has 0 bridgehead atoms. The molecule has 11 heteroatoms. The van der Waals surface area contributed by atoms with Crippen LogP contribution in [0, 0.1) is 17.1 Å². The average Bonchev–Trinajstić information content (AvgIpc) is 3.00. The molecule has 2 N–H and O–H groups in total. The summed E-state index contributed by atoms with van der Waals surface area (Å²) in [5.74, 6) is -0.302. The number of esters is 1. The lowest BCUT2D eigenvalue weighted by atomic mass is 9.83. The van der Waals surface area contributed by atoms with E-state index in [-0.39, 0.29) is 51.0 Å². The van der Waals surface area contributed by atoms with E-state index in [1.54, 1.807) is 48.5 Å². The third-order valence-electron chi connectivity index (χ3n) is 6.78. The van der Waals surface area contributed by atoms with Crippen LogP contribution in [0.4, 0.5) is 4.39 Å². The molecule has 0 saturated carbocycles. The third kappa shape index (κ3) is 6.23. The summed E-state index contributed by atoms with van der Waals surface area (Å²) < 4.78 is 42.3. The molecule has 0 radical (unpaired) electrons. The molecule has 0 saturated heterocycles. The topological polar surface area (TPSA) is 113 Å². The highest BCUT2D eigenvalue weighted by Gasteiger charge is 2.32. The van der Waals surface area contributed by atoms with Crippen molar-refractivity contribution in [3.8, 4) is 34.8 Å². The van der Waals surface area contributed by atoms with Crippen LogP contribution < -0.4 is 29.4 Å². The maximum Gasteiger partial charge on any atom is 0.343 e. The first-order valence-corrected chi connectivity index (χ1v) is 14.1. The molecule has 1 unspecified atom stereocenters. The highest BCUT2D eigenvalue weighted by Crippen LogP contribution is 2.45. The summed E-state index contributed by atoms with van der Waals surface area (Å²) in [7, 11) is 1.41. The molecule has 5 rings (SSSR count). The molecule has 1 aliphatic rings. The number of hydrogen-bond acceptors (Lipinski definition) is 8. The van der Waals surface area contributed by atoms with Gasteiger partial charge in [-0.15, -0.1) is 0 Å². The zero-order chi connectivity index (χ0) is 31.4. The van der Waals surface area contributed by atoms with Gasteiger partial charge in [0.15, 0.2) is 17.2 Å². The number of fused-ring (bicyclic) bond motifs is 1. The number of nitrogens with two attached hydrogens (primary N) is 1. The molecular weight excluding hydrogens is 610 g/mol. The predicted octanol–water partition coefficient (Wildman–Crippen LogP) is 7.56. The number of halogens is 3. The number of nitriles is 1. The van der Waals surface area contributed by atoms with Gasteiger partial charge in [0.25, 0.3) is 0 Å². The van der Waals surface area contributed by atoms with Gasteiger partial charge in [-0.3, -0.25) is 0 Å². The van der Waals surface area contributed by atoms with E-state index in [1.807, 2.05) is 6.92 Å². The van der Waals surface area contributed by atoms with Gasteiger partial charge in [0, 0.05) is 17.2 Å². The Hall–Kier alpha value is -4.91. The number of rotatable bonds is 9. The molecule has 4 aromatic carbocycles. The van der Waals surface area contributed by atoms with Crippen LogP contribution in [0.15, 0.2) is 84.3 Å². The fourth-order valence-electron chi connectivity index (χ4n) is 4.74. The summed E-state index contributed by atoms with van der Waals surface area (Å²) in [4.78, 5) is 12.9. The Morgan fingerprint density at radius 3 is 2.45 bits per heavy atom. The molecule has 4 aromatic rings. The second-order valence-corrected chi connectivity index (χ2v) is 10.3. The molecule has 44 heavy (non-hydrogen) atoms. The second-order valence-electron chi connectivity index (χ2n) is 9.51. The van der Waals surface area contributed by atoms with Gasteiger partial charge in [-0.2, -0.15) is 5.26 Å². The van der Waals surface area contributed by atoms with Crippen LogP contribution in [0.5, 0.6) is 28.7 Å². The van der Waals surface area contributed by atoms with E-state index in [0.29, 0.717) is 40.5 Å². The number of methoxy groups -OCH3 is 1. The first-order valence-electron chi connectivity index (χ1n) is 13.3. The average molecular weight is 635 g/mol. The number of nitrogens with zero attached hydrogens (tertiary/aromatic N) is 1. The summed E-state index contributed by atoms with van der Waals surface area (Å²) in [5, 5.41) is 10.3. The number of benzene rings is 4. The van der Waals surface area contributed by atoms with Crippen LogP contribution >= 0.6 is 23.2 Å². The van der Waals surface area contributed by atoms with Crippen molar-refractivity contribution < 1.29 is 32.9 Å². The van der Waals surface area contributed by atoms with Gasteiger partial charge in [-0.05, 0) is 48.9 Å². The Bertz CT molecular complexity index is 1800. The fraction of sp³-hybridized carbons (Fsp3) is 0.152.